The topological polar surface area (TPSA) is 85.1 Å². The van der Waals surface area contributed by atoms with Crippen LogP contribution in [0.2, 0.25) is 0 Å². The number of benzene rings is 1. The molecule has 1 saturated heterocycles. The molecular weight excluding hydrogens is 286 g/mol. The molecule has 1 aliphatic heterocycles. The van der Waals surface area contributed by atoms with Crippen LogP contribution in [0.3, 0.4) is 0 Å². The second-order valence-corrected chi connectivity index (χ2v) is 4.95. The molecule has 0 saturated carbocycles. The highest BCUT2D eigenvalue weighted by molar-refractivity contribution is 5.93. The molecule has 2 heterocycles. The highest BCUT2D eigenvalue weighted by atomic mass is 16.6. The summed E-state index contributed by atoms with van der Waals surface area (Å²) in [6.07, 6.45) is 3.50. The number of ether oxygens (including phenoxy) is 2. The smallest absolute Gasteiger partial charge is 0.341 e. The number of hydrogen-bond donors (Lipinski definition) is 1. The molecule has 0 bridgehead atoms. The molecule has 1 fully saturated rings. The van der Waals surface area contributed by atoms with E-state index in [9.17, 15) is 4.79 Å². The van der Waals surface area contributed by atoms with Gasteiger partial charge in [-0.25, -0.2) is 4.79 Å². The first kappa shape index (κ1) is 14.3. The van der Waals surface area contributed by atoms with E-state index in [1.54, 1.807) is 19.1 Å². The van der Waals surface area contributed by atoms with Gasteiger partial charge in [-0.05, 0) is 25.1 Å². The minimum atomic E-state index is -1.06. The van der Waals surface area contributed by atoms with Crippen molar-refractivity contribution < 1.29 is 23.9 Å². The number of para-hydroxylation sites is 1. The largest absolute Gasteiger partial charge is 0.490 e. The molecule has 6 heteroatoms. The second-order valence-electron chi connectivity index (χ2n) is 4.95. The van der Waals surface area contributed by atoms with Crippen LogP contribution >= 0.6 is 0 Å². The Morgan fingerprint density at radius 3 is 2.95 bits per heavy atom. The van der Waals surface area contributed by atoms with E-state index >= 15 is 0 Å². The number of nitrogens with zero attached hydrogens (tertiary/aromatic N) is 1. The summed E-state index contributed by atoms with van der Waals surface area (Å²) in [6.45, 7) is 2.83. The lowest BCUT2D eigenvalue weighted by molar-refractivity contribution is 0.0695. The summed E-state index contributed by atoms with van der Waals surface area (Å²) in [5.74, 6) is -0.137. The molecule has 0 amide bonds. The Balaban J connectivity index is 1.81. The lowest BCUT2D eigenvalue weighted by Crippen LogP contribution is -2.04. The molecule has 1 aromatic carbocycles. The third kappa shape index (κ3) is 3.17. The monoisotopic (exact) mass is 301 g/mol. The molecule has 1 aliphatic rings. The molecule has 0 radical (unpaired) electrons. The first-order valence-corrected chi connectivity index (χ1v) is 6.86. The zero-order valence-corrected chi connectivity index (χ0v) is 12.0. The first-order chi connectivity index (χ1) is 10.6. The molecular formula is C16H15NO5. The van der Waals surface area contributed by atoms with Crippen LogP contribution in [0.15, 0.2) is 28.8 Å². The summed E-state index contributed by atoms with van der Waals surface area (Å²) in [4.78, 5) is 11.2. The van der Waals surface area contributed by atoms with Gasteiger partial charge in [0.2, 0.25) is 0 Å². The fourth-order valence-corrected chi connectivity index (χ4v) is 2.02. The number of carboxylic acids is 1. The van der Waals surface area contributed by atoms with Crippen molar-refractivity contribution in [1.29, 1.82) is 0 Å². The molecule has 0 aliphatic carbocycles. The molecule has 1 N–H and O–H groups in total. The van der Waals surface area contributed by atoms with Crippen LogP contribution in [-0.2, 0) is 4.74 Å². The maximum atomic E-state index is 11.2. The Hall–Kier alpha value is -2.60. The van der Waals surface area contributed by atoms with Gasteiger partial charge in [0.15, 0.2) is 5.76 Å². The van der Waals surface area contributed by atoms with Gasteiger partial charge < -0.3 is 19.1 Å². The van der Waals surface area contributed by atoms with Crippen molar-refractivity contribution in [1.82, 2.24) is 5.16 Å². The number of carbonyl (C=O) groups is 1. The predicted molar refractivity (Wildman–Crippen MR) is 78.8 cm³/mol. The summed E-state index contributed by atoms with van der Waals surface area (Å²) >= 11 is 0. The maximum Gasteiger partial charge on any atom is 0.341 e. The molecule has 1 unspecified atom stereocenters. The van der Waals surface area contributed by atoms with Gasteiger partial charge in [-0.1, -0.05) is 23.4 Å². The van der Waals surface area contributed by atoms with E-state index in [1.165, 1.54) is 0 Å². The highest BCUT2D eigenvalue weighted by Gasteiger charge is 2.23. The average molecular weight is 301 g/mol. The number of aryl methyl sites for hydroxylation is 1. The predicted octanol–water partition coefficient (Wildman–Crippen LogP) is 2.63. The minimum Gasteiger partial charge on any atom is -0.490 e. The van der Waals surface area contributed by atoms with Crippen LogP contribution in [0.4, 0.5) is 0 Å². The Morgan fingerprint density at radius 2 is 2.23 bits per heavy atom. The van der Waals surface area contributed by atoms with Crippen molar-refractivity contribution in [3.05, 3.63) is 46.8 Å². The standard InChI is InChI=1S/C16H15NO5/c1-10-15(16(18)19)14(22-17-10)7-6-11-4-2-3-5-13(11)21-9-12-8-20-12/h2-7,12H,8-9H2,1H3,(H,18,19)/b7-6+. The van der Waals surface area contributed by atoms with Gasteiger partial charge in [0.1, 0.15) is 24.0 Å². The second kappa shape index (κ2) is 6.03. The van der Waals surface area contributed by atoms with Crippen LogP contribution in [0, 0.1) is 6.92 Å². The van der Waals surface area contributed by atoms with Gasteiger partial charge in [-0.2, -0.15) is 0 Å². The minimum absolute atomic E-state index is 0.0704. The van der Waals surface area contributed by atoms with Crippen LogP contribution in [0.1, 0.15) is 27.4 Å². The number of aromatic nitrogens is 1. The molecule has 114 valence electrons. The number of aromatic carboxylic acids is 1. The fraction of sp³-hybridized carbons (Fsp3) is 0.250. The lowest BCUT2D eigenvalue weighted by atomic mass is 10.1. The van der Waals surface area contributed by atoms with Crippen molar-refractivity contribution in [3.8, 4) is 5.75 Å². The third-order valence-electron chi connectivity index (χ3n) is 3.26. The van der Waals surface area contributed by atoms with E-state index in [1.807, 2.05) is 24.3 Å². The Labute approximate surface area is 126 Å². The van der Waals surface area contributed by atoms with E-state index in [-0.39, 0.29) is 17.4 Å². The van der Waals surface area contributed by atoms with Crippen LogP contribution in [-0.4, -0.2) is 35.6 Å². The number of hydrogen-bond acceptors (Lipinski definition) is 5. The molecule has 6 nitrogen and oxygen atoms in total. The summed E-state index contributed by atoms with van der Waals surface area (Å²) in [7, 11) is 0. The van der Waals surface area contributed by atoms with E-state index in [0.29, 0.717) is 18.1 Å². The van der Waals surface area contributed by atoms with E-state index in [2.05, 4.69) is 5.16 Å². The van der Waals surface area contributed by atoms with Crippen LogP contribution in [0.5, 0.6) is 5.75 Å². The van der Waals surface area contributed by atoms with Crippen molar-refractivity contribution in [3.63, 3.8) is 0 Å². The average Bonchev–Trinajstić information content (AvgIpc) is 3.25. The fourth-order valence-electron chi connectivity index (χ4n) is 2.02. The third-order valence-corrected chi connectivity index (χ3v) is 3.26. The first-order valence-electron chi connectivity index (χ1n) is 6.86. The molecule has 1 aromatic heterocycles. The van der Waals surface area contributed by atoms with Crippen molar-refractivity contribution in [2.24, 2.45) is 0 Å². The summed E-state index contributed by atoms with van der Waals surface area (Å²) in [5.41, 5.74) is 1.25. The van der Waals surface area contributed by atoms with E-state index in [0.717, 1.165) is 12.2 Å². The van der Waals surface area contributed by atoms with Crippen molar-refractivity contribution in [2.75, 3.05) is 13.2 Å². The van der Waals surface area contributed by atoms with Crippen molar-refractivity contribution >= 4 is 18.1 Å². The zero-order chi connectivity index (χ0) is 15.5. The molecule has 3 rings (SSSR count). The lowest BCUT2D eigenvalue weighted by Gasteiger charge is -2.07. The van der Waals surface area contributed by atoms with Crippen LogP contribution < -0.4 is 4.74 Å². The summed E-state index contributed by atoms with van der Waals surface area (Å²) < 4.78 is 15.9. The van der Waals surface area contributed by atoms with Crippen molar-refractivity contribution in [2.45, 2.75) is 13.0 Å². The quantitative estimate of drug-likeness (QED) is 0.826. The number of carboxylic acid groups (broad SMARTS) is 1. The molecule has 1 atom stereocenters. The highest BCUT2D eigenvalue weighted by Crippen LogP contribution is 2.23. The Bertz CT molecular complexity index is 715. The van der Waals surface area contributed by atoms with E-state index < -0.39 is 5.97 Å². The van der Waals surface area contributed by atoms with Crippen LogP contribution in [0.25, 0.3) is 12.2 Å². The molecule has 22 heavy (non-hydrogen) atoms. The van der Waals surface area contributed by atoms with E-state index in [4.69, 9.17) is 19.1 Å². The molecule has 0 spiro atoms. The SMILES string of the molecule is Cc1noc(/C=C/c2ccccc2OCC2CO2)c1C(=O)O. The summed E-state index contributed by atoms with van der Waals surface area (Å²) in [6, 6.07) is 7.49. The summed E-state index contributed by atoms with van der Waals surface area (Å²) in [5, 5.41) is 12.9. The van der Waals surface area contributed by atoms with Gasteiger partial charge in [0, 0.05) is 5.56 Å². The number of rotatable bonds is 6. The van der Waals surface area contributed by atoms with Gasteiger partial charge in [0.05, 0.1) is 12.3 Å². The molecule has 2 aromatic rings. The Kier molecular flexibility index (Phi) is 3.93. The zero-order valence-electron chi connectivity index (χ0n) is 12.0. The normalized spacial score (nSPS) is 16.9. The van der Waals surface area contributed by atoms with Gasteiger partial charge in [0.25, 0.3) is 0 Å². The van der Waals surface area contributed by atoms with Gasteiger partial charge in [-0.15, -0.1) is 0 Å². The van der Waals surface area contributed by atoms with Gasteiger partial charge >= 0.3 is 5.97 Å². The Morgan fingerprint density at radius 1 is 1.45 bits per heavy atom. The van der Waals surface area contributed by atoms with Gasteiger partial charge in [-0.3, -0.25) is 0 Å². The maximum absolute atomic E-state index is 11.2. The number of epoxide rings is 1.